The number of rotatable bonds is 0. The van der Waals surface area contributed by atoms with Gasteiger partial charge in [-0.25, -0.2) is 0 Å². The maximum atomic E-state index is 2.51. The molecule has 36 valence electrons. The Balaban J connectivity index is 2.41. The summed E-state index contributed by atoms with van der Waals surface area (Å²) >= 11 is 2.51. The Morgan fingerprint density at radius 1 is 1.83 bits per heavy atom. The zero-order valence-electron chi connectivity index (χ0n) is 4.16. The molecule has 0 radical (unpaired) electrons. The lowest BCUT2D eigenvalue weighted by Gasteiger charge is -1.89. The molecule has 0 spiro atoms. The Labute approximate surface area is 52.5 Å². The van der Waals surface area contributed by atoms with Crippen LogP contribution < -0.4 is 0 Å². The van der Waals surface area contributed by atoms with Gasteiger partial charge in [0.15, 0.2) is 0 Å². The molecule has 0 aliphatic heterocycles. The largest absolute Gasteiger partial charge is 0.0789 e. The first-order valence-electron chi connectivity index (χ1n) is 2.32. The first-order chi connectivity index (χ1) is 2.63. The van der Waals surface area contributed by atoms with Crippen LogP contribution in [-0.4, -0.2) is 3.42 Å². The van der Waals surface area contributed by atoms with Crippen LogP contribution in [0.3, 0.4) is 0 Å². The van der Waals surface area contributed by atoms with Gasteiger partial charge < -0.3 is 0 Å². The van der Waals surface area contributed by atoms with Crippen molar-refractivity contribution in [2.45, 2.75) is 23.7 Å². The molecule has 0 amide bonds. The van der Waals surface area contributed by atoms with E-state index in [2.05, 4.69) is 36.4 Å². The molecule has 1 heteroatoms. The monoisotopic (exact) mass is 196 g/mol. The Kier molecular flexibility index (Phi) is 0.905. The molecule has 0 bridgehead atoms. The molecule has 0 nitrogen and oxygen atoms in total. The van der Waals surface area contributed by atoms with Gasteiger partial charge in [-0.2, -0.15) is 0 Å². The fraction of sp³-hybridized carbons (Fsp3) is 1.00. The second-order valence-electron chi connectivity index (χ2n) is 2.38. The molecular formula is C5H9I. The Morgan fingerprint density at radius 2 is 2.00 bits per heavy atom. The molecule has 1 aliphatic carbocycles. The number of halogens is 1. The lowest BCUT2D eigenvalue weighted by Crippen LogP contribution is -1.86. The SMILES string of the molecule is C[C@@H]1C[C@]1(C)I. The molecule has 1 fully saturated rings. The van der Waals surface area contributed by atoms with Crippen LogP contribution in [-0.2, 0) is 0 Å². The van der Waals surface area contributed by atoms with Crippen LogP contribution in [0.15, 0.2) is 0 Å². The Hall–Kier alpha value is 0.730. The van der Waals surface area contributed by atoms with Gasteiger partial charge in [0.2, 0.25) is 0 Å². The summed E-state index contributed by atoms with van der Waals surface area (Å²) in [5.74, 6) is 0.984. The quantitative estimate of drug-likeness (QED) is 0.411. The Morgan fingerprint density at radius 3 is 2.00 bits per heavy atom. The van der Waals surface area contributed by atoms with Crippen LogP contribution >= 0.6 is 22.6 Å². The smallest absolute Gasteiger partial charge is 0.0223 e. The van der Waals surface area contributed by atoms with Gasteiger partial charge in [0.25, 0.3) is 0 Å². The van der Waals surface area contributed by atoms with Gasteiger partial charge in [0.05, 0.1) is 0 Å². The molecule has 1 rings (SSSR count). The van der Waals surface area contributed by atoms with Crippen LogP contribution in [0.25, 0.3) is 0 Å². The Bertz CT molecular complexity index is 66.3. The first kappa shape index (κ1) is 4.88. The van der Waals surface area contributed by atoms with Gasteiger partial charge in [-0.15, -0.1) is 0 Å². The molecule has 1 saturated carbocycles. The molecule has 0 aromatic carbocycles. The molecule has 0 saturated heterocycles. The van der Waals surface area contributed by atoms with Crippen molar-refractivity contribution in [3.05, 3.63) is 0 Å². The van der Waals surface area contributed by atoms with E-state index in [-0.39, 0.29) is 0 Å². The topological polar surface area (TPSA) is 0 Å². The summed E-state index contributed by atoms with van der Waals surface area (Å²) in [5.41, 5.74) is 0. The predicted molar refractivity (Wildman–Crippen MR) is 36.2 cm³/mol. The summed E-state index contributed by atoms with van der Waals surface area (Å²) in [4.78, 5) is 0. The molecule has 2 atom stereocenters. The number of hydrogen-bond acceptors (Lipinski definition) is 0. The van der Waals surface area contributed by atoms with E-state index in [0.29, 0.717) is 3.42 Å². The highest BCUT2D eigenvalue weighted by atomic mass is 127. The van der Waals surface area contributed by atoms with E-state index < -0.39 is 0 Å². The minimum Gasteiger partial charge on any atom is -0.0789 e. The summed E-state index contributed by atoms with van der Waals surface area (Å²) in [6, 6.07) is 0. The third-order valence-corrected chi connectivity index (χ3v) is 3.08. The highest BCUT2D eigenvalue weighted by Crippen LogP contribution is 2.50. The average Bonchev–Trinajstić information content (AvgIpc) is 1.73. The third kappa shape index (κ3) is 0.695. The summed E-state index contributed by atoms with van der Waals surface area (Å²) in [7, 11) is 0. The number of hydrogen-bond donors (Lipinski definition) is 0. The van der Waals surface area contributed by atoms with Crippen LogP contribution in [0.2, 0.25) is 0 Å². The third-order valence-electron chi connectivity index (χ3n) is 1.57. The van der Waals surface area contributed by atoms with Crippen molar-refractivity contribution < 1.29 is 0 Å². The predicted octanol–water partition coefficient (Wildman–Crippen LogP) is 2.22. The minimum atomic E-state index is 0.678. The highest BCUT2D eigenvalue weighted by molar-refractivity contribution is 14.1. The van der Waals surface area contributed by atoms with E-state index in [1.54, 1.807) is 0 Å². The summed E-state index contributed by atoms with van der Waals surface area (Å²) in [5, 5.41) is 0. The van der Waals surface area contributed by atoms with Crippen LogP contribution in [0.5, 0.6) is 0 Å². The van der Waals surface area contributed by atoms with Gasteiger partial charge in [0, 0.05) is 3.42 Å². The average molecular weight is 196 g/mol. The normalized spacial score (nSPS) is 55.5. The van der Waals surface area contributed by atoms with E-state index in [4.69, 9.17) is 0 Å². The fourth-order valence-corrected chi connectivity index (χ4v) is 1.20. The maximum absolute atomic E-state index is 2.51. The van der Waals surface area contributed by atoms with Crippen molar-refractivity contribution in [1.29, 1.82) is 0 Å². The van der Waals surface area contributed by atoms with Crippen molar-refractivity contribution in [1.82, 2.24) is 0 Å². The first-order valence-corrected chi connectivity index (χ1v) is 3.40. The van der Waals surface area contributed by atoms with E-state index in [1.165, 1.54) is 6.42 Å². The molecule has 0 N–H and O–H groups in total. The zero-order valence-corrected chi connectivity index (χ0v) is 6.32. The summed E-state index contributed by atoms with van der Waals surface area (Å²) in [6.07, 6.45) is 1.42. The van der Waals surface area contributed by atoms with Gasteiger partial charge in [0.1, 0.15) is 0 Å². The molecule has 0 heterocycles. The lowest BCUT2D eigenvalue weighted by atomic mass is 10.4. The van der Waals surface area contributed by atoms with Crippen LogP contribution in [0, 0.1) is 5.92 Å². The molecule has 0 aromatic heterocycles. The van der Waals surface area contributed by atoms with Gasteiger partial charge in [-0.1, -0.05) is 36.4 Å². The van der Waals surface area contributed by atoms with Crippen LogP contribution in [0.4, 0.5) is 0 Å². The zero-order chi connectivity index (χ0) is 4.78. The van der Waals surface area contributed by atoms with E-state index in [9.17, 15) is 0 Å². The second kappa shape index (κ2) is 1.11. The molecular weight excluding hydrogens is 187 g/mol. The van der Waals surface area contributed by atoms with E-state index in [1.807, 2.05) is 0 Å². The van der Waals surface area contributed by atoms with E-state index >= 15 is 0 Å². The molecule has 0 unspecified atom stereocenters. The van der Waals surface area contributed by atoms with Crippen molar-refractivity contribution in [3.8, 4) is 0 Å². The van der Waals surface area contributed by atoms with Crippen molar-refractivity contribution in [3.63, 3.8) is 0 Å². The summed E-state index contributed by atoms with van der Waals surface area (Å²) in [6.45, 7) is 4.60. The van der Waals surface area contributed by atoms with E-state index in [0.717, 1.165) is 5.92 Å². The van der Waals surface area contributed by atoms with Crippen molar-refractivity contribution >= 4 is 22.6 Å². The highest BCUT2D eigenvalue weighted by Gasteiger charge is 2.43. The molecule has 1 aliphatic rings. The van der Waals surface area contributed by atoms with Crippen molar-refractivity contribution in [2.75, 3.05) is 0 Å². The van der Waals surface area contributed by atoms with Gasteiger partial charge in [-0.3, -0.25) is 0 Å². The standard InChI is InChI=1S/C5H9I/c1-4-3-5(4,2)6/h4H,3H2,1-2H3/t4-,5+/m1/s1. The van der Waals surface area contributed by atoms with Gasteiger partial charge >= 0.3 is 0 Å². The maximum Gasteiger partial charge on any atom is 0.0223 e. The second-order valence-corrected chi connectivity index (χ2v) is 4.85. The fourth-order valence-electron chi connectivity index (χ4n) is 0.540. The molecule has 6 heavy (non-hydrogen) atoms. The van der Waals surface area contributed by atoms with Crippen LogP contribution in [0.1, 0.15) is 20.3 Å². The van der Waals surface area contributed by atoms with Gasteiger partial charge in [-0.05, 0) is 12.3 Å². The number of alkyl halides is 1. The minimum absolute atomic E-state index is 0.678. The lowest BCUT2D eigenvalue weighted by molar-refractivity contribution is 0.904. The summed E-state index contributed by atoms with van der Waals surface area (Å²) < 4.78 is 0.678. The molecule has 0 aromatic rings. The van der Waals surface area contributed by atoms with Crippen molar-refractivity contribution in [2.24, 2.45) is 5.92 Å².